The van der Waals surface area contributed by atoms with Crippen LogP contribution in [0.1, 0.15) is 37.0 Å². The van der Waals surface area contributed by atoms with E-state index < -0.39 is 0 Å². The normalized spacial score (nSPS) is 16.6. The molecule has 1 aromatic rings. The lowest BCUT2D eigenvalue weighted by molar-refractivity contribution is 0.0936. The van der Waals surface area contributed by atoms with Gasteiger partial charge in [-0.05, 0) is 32.8 Å². The first kappa shape index (κ1) is 10.9. The summed E-state index contributed by atoms with van der Waals surface area (Å²) in [5, 5.41) is 6.18. The topological polar surface area (TPSA) is 54.0 Å². The number of carbonyl (C=O) groups excluding carboxylic acids is 1. The van der Waals surface area contributed by atoms with E-state index in [1.54, 1.807) is 18.5 Å². The Morgan fingerprint density at radius 2 is 2.31 bits per heavy atom. The Morgan fingerprint density at radius 3 is 2.94 bits per heavy atom. The average molecular weight is 219 g/mol. The number of rotatable bonds is 4. The monoisotopic (exact) mass is 219 g/mol. The molecule has 16 heavy (non-hydrogen) atoms. The van der Waals surface area contributed by atoms with Gasteiger partial charge in [0.2, 0.25) is 0 Å². The van der Waals surface area contributed by atoms with Crippen molar-refractivity contribution in [2.45, 2.75) is 32.2 Å². The second-order valence-corrected chi connectivity index (χ2v) is 4.47. The predicted octanol–water partition coefficient (Wildman–Crippen LogP) is 1.80. The molecule has 1 aromatic heterocycles. The summed E-state index contributed by atoms with van der Waals surface area (Å²) in [6.45, 7) is 4.85. The van der Waals surface area contributed by atoms with Crippen LogP contribution in [0.5, 0.6) is 0 Å². The quantitative estimate of drug-likeness (QED) is 0.811. The molecule has 0 spiro atoms. The van der Waals surface area contributed by atoms with Gasteiger partial charge in [0, 0.05) is 18.3 Å². The standard InChI is InChI=1S/C12H17N3O/c1-3-14-10-8-13-7-4-9(10)11(16)15-12(2)5-6-12/h4,7-8,14H,3,5-6H2,1-2H3,(H,15,16). The maximum Gasteiger partial charge on any atom is 0.253 e. The molecule has 1 fully saturated rings. The molecule has 2 N–H and O–H groups in total. The van der Waals surface area contributed by atoms with Crippen LogP contribution < -0.4 is 10.6 Å². The maximum absolute atomic E-state index is 12.0. The average Bonchev–Trinajstić information content (AvgIpc) is 2.97. The van der Waals surface area contributed by atoms with Gasteiger partial charge < -0.3 is 10.6 Å². The highest BCUT2D eigenvalue weighted by molar-refractivity contribution is 5.99. The summed E-state index contributed by atoms with van der Waals surface area (Å²) in [4.78, 5) is 16.0. The molecule has 0 unspecified atom stereocenters. The molecule has 4 heteroatoms. The number of anilines is 1. The van der Waals surface area contributed by atoms with Crippen LogP contribution >= 0.6 is 0 Å². The SMILES string of the molecule is CCNc1cnccc1C(=O)NC1(C)CC1. The fourth-order valence-electron chi connectivity index (χ4n) is 1.58. The Morgan fingerprint density at radius 1 is 1.56 bits per heavy atom. The highest BCUT2D eigenvalue weighted by atomic mass is 16.1. The van der Waals surface area contributed by atoms with Crippen LogP contribution in [-0.4, -0.2) is 23.0 Å². The number of pyridine rings is 1. The van der Waals surface area contributed by atoms with E-state index >= 15 is 0 Å². The van der Waals surface area contributed by atoms with E-state index in [1.165, 1.54) is 0 Å². The van der Waals surface area contributed by atoms with Crippen molar-refractivity contribution in [2.75, 3.05) is 11.9 Å². The lowest BCUT2D eigenvalue weighted by Gasteiger charge is -2.14. The van der Waals surface area contributed by atoms with E-state index in [0.717, 1.165) is 25.1 Å². The van der Waals surface area contributed by atoms with Crippen LogP contribution in [0.15, 0.2) is 18.5 Å². The summed E-state index contributed by atoms with van der Waals surface area (Å²) in [7, 11) is 0. The van der Waals surface area contributed by atoms with E-state index in [0.29, 0.717) is 5.56 Å². The first-order valence-corrected chi connectivity index (χ1v) is 5.65. The van der Waals surface area contributed by atoms with Gasteiger partial charge in [-0.25, -0.2) is 0 Å². The van der Waals surface area contributed by atoms with Crippen LogP contribution in [0, 0.1) is 0 Å². The van der Waals surface area contributed by atoms with Gasteiger partial charge in [0.25, 0.3) is 5.91 Å². The Balaban J connectivity index is 2.15. The van der Waals surface area contributed by atoms with Gasteiger partial charge in [-0.3, -0.25) is 9.78 Å². The molecule has 1 amide bonds. The van der Waals surface area contributed by atoms with Crippen molar-refractivity contribution in [2.24, 2.45) is 0 Å². The van der Waals surface area contributed by atoms with Crippen molar-refractivity contribution < 1.29 is 4.79 Å². The van der Waals surface area contributed by atoms with Crippen molar-refractivity contribution in [3.8, 4) is 0 Å². The molecule has 0 bridgehead atoms. The number of amides is 1. The summed E-state index contributed by atoms with van der Waals surface area (Å²) in [6.07, 6.45) is 5.47. The minimum absolute atomic E-state index is 0.0154. The number of nitrogens with zero attached hydrogens (tertiary/aromatic N) is 1. The molecule has 0 aliphatic heterocycles. The fourth-order valence-corrected chi connectivity index (χ4v) is 1.58. The van der Waals surface area contributed by atoms with Gasteiger partial charge in [-0.2, -0.15) is 0 Å². The molecule has 4 nitrogen and oxygen atoms in total. The molecule has 0 saturated heterocycles. The summed E-state index contributed by atoms with van der Waals surface area (Å²) < 4.78 is 0. The smallest absolute Gasteiger partial charge is 0.253 e. The van der Waals surface area contributed by atoms with E-state index in [-0.39, 0.29) is 11.4 Å². The highest BCUT2D eigenvalue weighted by Gasteiger charge is 2.39. The molecule has 1 aliphatic carbocycles. The first-order valence-electron chi connectivity index (χ1n) is 5.65. The van der Waals surface area contributed by atoms with Gasteiger partial charge in [0.1, 0.15) is 0 Å². The number of hydrogen-bond acceptors (Lipinski definition) is 3. The van der Waals surface area contributed by atoms with E-state index in [9.17, 15) is 4.79 Å². The number of nitrogens with one attached hydrogen (secondary N) is 2. The Labute approximate surface area is 95.5 Å². The van der Waals surface area contributed by atoms with Crippen LogP contribution in [-0.2, 0) is 0 Å². The third-order valence-corrected chi connectivity index (χ3v) is 2.85. The number of hydrogen-bond donors (Lipinski definition) is 2. The zero-order valence-electron chi connectivity index (χ0n) is 9.71. The predicted molar refractivity (Wildman–Crippen MR) is 63.5 cm³/mol. The van der Waals surface area contributed by atoms with Crippen LogP contribution in [0.4, 0.5) is 5.69 Å². The Kier molecular flexibility index (Phi) is 2.81. The molecule has 2 rings (SSSR count). The van der Waals surface area contributed by atoms with Crippen molar-refractivity contribution in [1.29, 1.82) is 0 Å². The molecule has 86 valence electrons. The largest absolute Gasteiger partial charge is 0.383 e. The number of carbonyl (C=O) groups is 1. The molecule has 0 aromatic carbocycles. The van der Waals surface area contributed by atoms with Gasteiger partial charge in [-0.15, -0.1) is 0 Å². The zero-order chi connectivity index (χ0) is 11.6. The molecule has 1 aliphatic rings. The fraction of sp³-hybridized carbons (Fsp3) is 0.500. The lowest BCUT2D eigenvalue weighted by atomic mass is 10.2. The van der Waals surface area contributed by atoms with E-state index in [4.69, 9.17) is 0 Å². The second-order valence-electron chi connectivity index (χ2n) is 4.47. The van der Waals surface area contributed by atoms with E-state index in [1.807, 2.05) is 6.92 Å². The van der Waals surface area contributed by atoms with E-state index in [2.05, 4.69) is 22.5 Å². The van der Waals surface area contributed by atoms with Gasteiger partial charge in [0.05, 0.1) is 17.4 Å². The van der Waals surface area contributed by atoms with Gasteiger partial charge in [0.15, 0.2) is 0 Å². The first-order chi connectivity index (χ1) is 7.64. The summed E-state index contributed by atoms with van der Waals surface area (Å²) in [5.41, 5.74) is 1.49. The third kappa shape index (κ3) is 2.32. The molecular weight excluding hydrogens is 202 g/mol. The zero-order valence-corrected chi connectivity index (χ0v) is 9.71. The van der Waals surface area contributed by atoms with Gasteiger partial charge in [-0.1, -0.05) is 0 Å². The third-order valence-electron chi connectivity index (χ3n) is 2.85. The minimum Gasteiger partial charge on any atom is -0.383 e. The molecule has 0 radical (unpaired) electrons. The molecular formula is C12H17N3O. The Hall–Kier alpha value is -1.58. The maximum atomic E-state index is 12.0. The number of aromatic nitrogens is 1. The van der Waals surface area contributed by atoms with Crippen molar-refractivity contribution in [1.82, 2.24) is 10.3 Å². The molecule has 1 heterocycles. The molecule has 0 atom stereocenters. The summed E-state index contributed by atoms with van der Waals surface area (Å²) in [6, 6.07) is 1.75. The lowest BCUT2D eigenvalue weighted by Crippen LogP contribution is -2.34. The summed E-state index contributed by atoms with van der Waals surface area (Å²) >= 11 is 0. The summed E-state index contributed by atoms with van der Waals surface area (Å²) in [5.74, 6) is -0.0154. The second kappa shape index (κ2) is 4.12. The van der Waals surface area contributed by atoms with Crippen LogP contribution in [0.3, 0.4) is 0 Å². The van der Waals surface area contributed by atoms with Crippen molar-refractivity contribution in [3.05, 3.63) is 24.0 Å². The van der Waals surface area contributed by atoms with Crippen molar-refractivity contribution >= 4 is 11.6 Å². The van der Waals surface area contributed by atoms with Crippen molar-refractivity contribution in [3.63, 3.8) is 0 Å². The van der Waals surface area contributed by atoms with Crippen LogP contribution in [0.2, 0.25) is 0 Å². The Bertz CT molecular complexity index is 399. The minimum atomic E-state index is -0.0154. The van der Waals surface area contributed by atoms with Crippen LogP contribution in [0.25, 0.3) is 0 Å². The molecule has 1 saturated carbocycles. The van der Waals surface area contributed by atoms with Gasteiger partial charge >= 0.3 is 0 Å². The highest BCUT2D eigenvalue weighted by Crippen LogP contribution is 2.34.